The molecule has 1 aliphatic carbocycles. The van der Waals surface area contributed by atoms with Gasteiger partial charge in [0.1, 0.15) is 18.1 Å². The molecule has 7 heteroatoms. The van der Waals surface area contributed by atoms with E-state index < -0.39 is 5.97 Å². The number of nitrogens with one attached hydrogen (secondary N) is 1. The van der Waals surface area contributed by atoms with E-state index in [1.165, 1.54) is 18.6 Å². The highest BCUT2D eigenvalue weighted by molar-refractivity contribution is 5.96. The second-order valence-corrected chi connectivity index (χ2v) is 7.67. The average Bonchev–Trinajstić information content (AvgIpc) is 3.30. The number of esters is 1. The number of benzene rings is 1. The van der Waals surface area contributed by atoms with Gasteiger partial charge in [-0.1, -0.05) is 19.3 Å². The lowest BCUT2D eigenvalue weighted by atomic mass is 9.95. The first-order valence-corrected chi connectivity index (χ1v) is 10.5. The van der Waals surface area contributed by atoms with Crippen LogP contribution in [0.15, 0.2) is 42.6 Å². The topological polar surface area (TPSA) is 65.3 Å². The molecule has 2 aromatic heterocycles. The zero-order valence-corrected chi connectivity index (χ0v) is 17.1. The lowest BCUT2D eigenvalue weighted by molar-refractivity contribution is -0.122. The van der Waals surface area contributed by atoms with Crippen LogP contribution in [0.4, 0.5) is 4.39 Å². The molecule has 30 heavy (non-hydrogen) atoms. The summed E-state index contributed by atoms with van der Waals surface area (Å²) in [7, 11) is 0. The number of hydrogen-bond donors (Lipinski definition) is 1. The Labute approximate surface area is 174 Å². The Balaban J connectivity index is 1.67. The number of ether oxygens (including phenoxy) is 1. The van der Waals surface area contributed by atoms with Crippen molar-refractivity contribution >= 4 is 22.9 Å². The van der Waals surface area contributed by atoms with Crippen molar-refractivity contribution in [1.82, 2.24) is 14.5 Å². The molecule has 0 radical (unpaired) electrons. The van der Waals surface area contributed by atoms with Gasteiger partial charge in [0.15, 0.2) is 0 Å². The molecule has 1 aliphatic rings. The summed E-state index contributed by atoms with van der Waals surface area (Å²) < 4.78 is 22.1. The molecular weight excluding hydrogens is 385 g/mol. The van der Waals surface area contributed by atoms with Crippen LogP contribution < -0.4 is 5.32 Å². The first-order valence-electron chi connectivity index (χ1n) is 10.5. The van der Waals surface area contributed by atoms with Gasteiger partial charge in [0.05, 0.1) is 17.6 Å². The van der Waals surface area contributed by atoms with Crippen LogP contribution in [0.3, 0.4) is 0 Å². The maximum atomic E-state index is 13.3. The molecule has 0 aliphatic heterocycles. The predicted molar refractivity (Wildman–Crippen MR) is 112 cm³/mol. The molecule has 4 rings (SSSR count). The third kappa shape index (κ3) is 4.10. The maximum Gasteiger partial charge on any atom is 0.355 e. The SMILES string of the molecule is CCOC(=O)c1cc2c(ccn2-c2ccc(F)cc2)n1CC(=O)NC1CCCCC1. The van der Waals surface area contributed by atoms with E-state index in [1.807, 2.05) is 16.8 Å². The zero-order valence-electron chi connectivity index (χ0n) is 17.1. The lowest BCUT2D eigenvalue weighted by Gasteiger charge is -2.23. The number of hydrogen-bond acceptors (Lipinski definition) is 3. The number of carbonyl (C=O) groups is 2. The molecule has 2 heterocycles. The fourth-order valence-electron chi connectivity index (χ4n) is 4.18. The number of aromatic nitrogens is 2. The molecule has 3 aromatic rings. The first-order chi connectivity index (χ1) is 14.6. The van der Waals surface area contributed by atoms with Gasteiger partial charge in [0, 0.05) is 17.9 Å². The van der Waals surface area contributed by atoms with E-state index in [0.717, 1.165) is 42.4 Å². The van der Waals surface area contributed by atoms with Crippen LogP contribution in [0.1, 0.15) is 49.5 Å². The van der Waals surface area contributed by atoms with Gasteiger partial charge in [0.2, 0.25) is 5.91 Å². The molecule has 1 amide bonds. The molecule has 0 atom stereocenters. The lowest BCUT2D eigenvalue weighted by Crippen LogP contribution is -2.38. The second kappa shape index (κ2) is 8.73. The van der Waals surface area contributed by atoms with E-state index in [0.29, 0.717) is 5.69 Å². The Kier molecular flexibility index (Phi) is 5.88. The summed E-state index contributed by atoms with van der Waals surface area (Å²) in [5, 5.41) is 3.10. The summed E-state index contributed by atoms with van der Waals surface area (Å²) in [6, 6.07) is 9.91. The summed E-state index contributed by atoms with van der Waals surface area (Å²) >= 11 is 0. The molecule has 1 saturated carbocycles. The summed E-state index contributed by atoms with van der Waals surface area (Å²) in [6.45, 7) is 2.04. The predicted octanol–water partition coefficient (Wildman–Crippen LogP) is 4.20. The minimum Gasteiger partial charge on any atom is -0.461 e. The number of fused-ring (bicyclic) bond motifs is 1. The monoisotopic (exact) mass is 411 g/mol. The molecule has 0 bridgehead atoms. The maximum absolute atomic E-state index is 13.3. The van der Waals surface area contributed by atoms with Gasteiger partial charge < -0.3 is 19.2 Å². The van der Waals surface area contributed by atoms with Crippen LogP contribution in [0.5, 0.6) is 0 Å². The Morgan fingerprint density at radius 1 is 1.10 bits per heavy atom. The van der Waals surface area contributed by atoms with Gasteiger partial charge in [-0.05, 0) is 56.2 Å². The highest BCUT2D eigenvalue weighted by atomic mass is 19.1. The van der Waals surface area contributed by atoms with E-state index in [1.54, 1.807) is 29.7 Å². The van der Waals surface area contributed by atoms with Crippen LogP contribution in [0, 0.1) is 5.82 Å². The molecule has 158 valence electrons. The molecule has 0 saturated heterocycles. The smallest absolute Gasteiger partial charge is 0.355 e. The normalized spacial score (nSPS) is 14.7. The Hall–Kier alpha value is -3.09. The third-order valence-electron chi connectivity index (χ3n) is 5.62. The summed E-state index contributed by atoms with van der Waals surface area (Å²) in [5.74, 6) is -0.893. The number of nitrogens with zero attached hydrogens (tertiary/aromatic N) is 2. The number of carbonyl (C=O) groups excluding carboxylic acids is 2. The summed E-state index contributed by atoms with van der Waals surface area (Å²) in [4.78, 5) is 25.3. The van der Waals surface area contributed by atoms with Gasteiger partial charge in [-0.15, -0.1) is 0 Å². The minimum absolute atomic E-state index is 0.0432. The standard InChI is InChI=1S/C23H26FN3O3/c1-2-30-23(29)21-14-20-19(12-13-26(20)18-10-8-16(24)9-11-18)27(21)15-22(28)25-17-6-4-3-5-7-17/h8-14,17H,2-7,15H2,1H3,(H,25,28). The van der Waals surface area contributed by atoms with Crippen molar-refractivity contribution in [3.8, 4) is 5.69 Å². The first kappa shape index (κ1) is 20.2. The average molecular weight is 411 g/mol. The van der Waals surface area contributed by atoms with Gasteiger partial charge in [-0.3, -0.25) is 4.79 Å². The van der Waals surface area contributed by atoms with Crippen LogP contribution >= 0.6 is 0 Å². The zero-order chi connectivity index (χ0) is 21.1. The van der Waals surface area contributed by atoms with Crippen molar-refractivity contribution in [3.63, 3.8) is 0 Å². The van der Waals surface area contributed by atoms with Crippen LogP contribution in [0.2, 0.25) is 0 Å². The van der Waals surface area contributed by atoms with Crippen molar-refractivity contribution < 1.29 is 18.7 Å². The van der Waals surface area contributed by atoms with Crippen molar-refractivity contribution in [2.24, 2.45) is 0 Å². The fraction of sp³-hybridized carbons (Fsp3) is 0.391. The Bertz CT molecular complexity index is 1050. The van der Waals surface area contributed by atoms with Gasteiger partial charge in [-0.25, -0.2) is 9.18 Å². The number of rotatable bonds is 6. The van der Waals surface area contributed by atoms with Crippen LogP contribution in [-0.2, 0) is 16.1 Å². The fourth-order valence-corrected chi connectivity index (χ4v) is 4.18. The van der Waals surface area contributed by atoms with E-state index >= 15 is 0 Å². The van der Waals surface area contributed by atoms with Crippen molar-refractivity contribution in [2.45, 2.75) is 51.6 Å². The van der Waals surface area contributed by atoms with Crippen molar-refractivity contribution in [3.05, 3.63) is 54.1 Å². The van der Waals surface area contributed by atoms with E-state index in [-0.39, 0.29) is 30.9 Å². The second-order valence-electron chi connectivity index (χ2n) is 7.67. The van der Waals surface area contributed by atoms with E-state index in [2.05, 4.69) is 5.32 Å². The van der Waals surface area contributed by atoms with E-state index in [9.17, 15) is 14.0 Å². The van der Waals surface area contributed by atoms with E-state index in [4.69, 9.17) is 4.74 Å². The molecular formula is C23H26FN3O3. The molecule has 1 aromatic carbocycles. The van der Waals surface area contributed by atoms with Crippen molar-refractivity contribution in [1.29, 1.82) is 0 Å². The molecule has 1 fully saturated rings. The Morgan fingerprint density at radius 3 is 2.53 bits per heavy atom. The summed E-state index contributed by atoms with van der Waals surface area (Å²) in [5.41, 5.74) is 2.61. The van der Waals surface area contributed by atoms with Gasteiger partial charge in [-0.2, -0.15) is 0 Å². The van der Waals surface area contributed by atoms with Crippen LogP contribution in [-0.4, -0.2) is 33.7 Å². The third-order valence-corrected chi connectivity index (χ3v) is 5.62. The van der Waals surface area contributed by atoms with Gasteiger partial charge >= 0.3 is 5.97 Å². The largest absolute Gasteiger partial charge is 0.461 e. The highest BCUT2D eigenvalue weighted by Gasteiger charge is 2.22. The van der Waals surface area contributed by atoms with Gasteiger partial charge in [0.25, 0.3) is 0 Å². The number of halogens is 1. The molecule has 0 spiro atoms. The molecule has 6 nitrogen and oxygen atoms in total. The summed E-state index contributed by atoms with van der Waals surface area (Å²) in [6.07, 6.45) is 7.33. The van der Waals surface area contributed by atoms with Crippen LogP contribution in [0.25, 0.3) is 16.7 Å². The van der Waals surface area contributed by atoms with Crippen molar-refractivity contribution in [2.75, 3.05) is 6.61 Å². The molecule has 0 unspecified atom stereocenters. The highest BCUT2D eigenvalue weighted by Crippen LogP contribution is 2.26. The quantitative estimate of drug-likeness (QED) is 0.619. The Morgan fingerprint density at radius 2 is 1.83 bits per heavy atom. The minimum atomic E-state index is -0.468. The number of amides is 1. The molecule has 1 N–H and O–H groups in total.